The zero-order valence-electron chi connectivity index (χ0n) is 13.1. The van der Waals surface area contributed by atoms with Crippen molar-refractivity contribution in [2.75, 3.05) is 14.2 Å². The van der Waals surface area contributed by atoms with Gasteiger partial charge < -0.3 is 13.9 Å². The van der Waals surface area contributed by atoms with E-state index in [4.69, 9.17) is 9.47 Å². The molecule has 3 rings (SSSR count). The number of carbonyl (C=O) groups is 1. The molecule has 0 N–H and O–H groups in total. The van der Waals surface area contributed by atoms with E-state index in [2.05, 4.69) is 15.9 Å². The van der Waals surface area contributed by atoms with Crippen molar-refractivity contribution in [1.29, 1.82) is 0 Å². The van der Waals surface area contributed by atoms with Crippen molar-refractivity contribution in [3.63, 3.8) is 0 Å². The Morgan fingerprint density at radius 3 is 2.43 bits per heavy atom. The smallest absolute Gasteiger partial charge is 0.167 e. The molecule has 0 saturated heterocycles. The molecule has 0 aliphatic rings. The van der Waals surface area contributed by atoms with Crippen LogP contribution in [-0.2, 0) is 0 Å². The summed E-state index contributed by atoms with van der Waals surface area (Å²) in [6.07, 6.45) is 2.83. The molecule has 2 aromatic heterocycles. The fourth-order valence-corrected chi connectivity index (χ4v) is 3.21. The number of methoxy groups -OCH3 is 2. The Bertz CT molecular complexity index is 899. The number of nitrogens with zero attached hydrogens (tertiary/aromatic N) is 1. The van der Waals surface area contributed by atoms with Crippen molar-refractivity contribution in [1.82, 2.24) is 4.40 Å². The number of ether oxygens (including phenoxy) is 2. The van der Waals surface area contributed by atoms with E-state index >= 15 is 0 Å². The third kappa shape index (κ3) is 2.61. The summed E-state index contributed by atoms with van der Waals surface area (Å²) < 4.78 is 13.5. The van der Waals surface area contributed by atoms with Crippen LogP contribution in [0, 0.1) is 6.92 Å². The minimum absolute atomic E-state index is 0.596. The van der Waals surface area contributed by atoms with Crippen molar-refractivity contribution >= 4 is 27.7 Å². The summed E-state index contributed by atoms with van der Waals surface area (Å²) >= 11 is 3.49. The molecular weight excluding hydrogens is 358 g/mol. The highest BCUT2D eigenvalue weighted by Gasteiger charge is 2.17. The number of aromatic nitrogens is 1. The number of carbonyl (C=O) groups excluding carboxylic acids is 1. The molecule has 0 unspecified atom stereocenters. The zero-order valence-corrected chi connectivity index (χ0v) is 14.7. The first-order chi connectivity index (χ1) is 11.1. The normalized spacial score (nSPS) is 10.8. The molecule has 0 radical (unpaired) electrons. The summed E-state index contributed by atoms with van der Waals surface area (Å²) in [4.78, 5) is 11.7. The van der Waals surface area contributed by atoms with Gasteiger partial charge in [-0.05, 0) is 46.6 Å². The number of benzene rings is 1. The van der Waals surface area contributed by atoms with E-state index < -0.39 is 0 Å². The molecule has 3 aromatic rings. The lowest BCUT2D eigenvalue weighted by atomic mass is 10.0. The Kier molecular flexibility index (Phi) is 4.13. The standard InChI is InChI=1S/C18H16BrNO3/c1-11-4-5-12-6-13(16(10-21)20(12)9-11)14-7-15(19)18(23-3)8-17(14)22-2/h4-10H,1-3H3. The molecule has 0 spiro atoms. The maximum atomic E-state index is 11.7. The van der Waals surface area contributed by atoms with Crippen LogP contribution in [0.5, 0.6) is 11.5 Å². The average molecular weight is 374 g/mol. The largest absolute Gasteiger partial charge is 0.496 e. The predicted octanol–water partition coefficient (Wildman–Crippen LogP) is 4.51. The maximum Gasteiger partial charge on any atom is 0.167 e. The minimum Gasteiger partial charge on any atom is -0.496 e. The van der Waals surface area contributed by atoms with Crippen LogP contribution in [0.4, 0.5) is 0 Å². The van der Waals surface area contributed by atoms with Crippen molar-refractivity contribution < 1.29 is 14.3 Å². The average Bonchev–Trinajstić information content (AvgIpc) is 2.91. The lowest BCUT2D eigenvalue weighted by molar-refractivity contribution is 0.111. The van der Waals surface area contributed by atoms with E-state index in [9.17, 15) is 4.79 Å². The van der Waals surface area contributed by atoms with Crippen molar-refractivity contribution in [2.45, 2.75) is 6.92 Å². The van der Waals surface area contributed by atoms with E-state index in [0.29, 0.717) is 17.2 Å². The second kappa shape index (κ2) is 6.08. The van der Waals surface area contributed by atoms with Gasteiger partial charge in [0.05, 0.1) is 24.4 Å². The first kappa shape index (κ1) is 15.6. The summed E-state index contributed by atoms with van der Waals surface area (Å²) in [7, 11) is 3.21. The molecule has 5 heteroatoms. The molecule has 0 bridgehead atoms. The summed E-state index contributed by atoms with van der Waals surface area (Å²) in [6, 6.07) is 9.72. The molecule has 2 heterocycles. The number of hydrogen-bond acceptors (Lipinski definition) is 3. The first-order valence-electron chi connectivity index (χ1n) is 7.07. The lowest BCUT2D eigenvalue weighted by Gasteiger charge is -2.12. The molecule has 4 nitrogen and oxygen atoms in total. The third-order valence-corrected chi connectivity index (χ3v) is 4.45. The van der Waals surface area contributed by atoms with Crippen LogP contribution in [0.15, 0.2) is 41.0 Å². The molecule has 23 heavy (non-hydrogen) atoms. The van der Waals surface area contributed by atoms with E-state index in [1.165, 1.54) is 0 Å². The monoisotopic (exact) mass is 373 g/mol. The second-order valence-electron chi connectivity index (χ2n) is 5.25. The molecule has 1 aromatic carbocycles. The highest BCUT2D eigenvalue weighted by atomic mass is 79.9. The van der Waals surface area contributed by atoms with Gasteiger partial charge in [-0.2, -0.15) is 0 Å². The summed E-state index contributed by atoms with van der Waals surface area (Å²) in [5.74, 6) is 1.33. The first-order valence-corrected chi connectivity index (χ1v) is 7.87. The number of aldehydes is 1. The highest BCUT2D eigenvalue weighted by Crippen LogP contribution is 2.40. The van der Waals surface area contributed by atoms with Gasteiger partial charge in [0.25, 0.3) is 0 Å². The van der Waals surface area contributed by atoms with Crippen LogP contribution >= 0.6 is 15.9 Å². The van der Waals surface area contributed by atoms with Crippen LogP contribution in [0.3, 0.4) is 0 Å². The van der Waals surface area contributed by atoms with Gasteiger partial charge in [0.2, 0.25) is 0 Å². The predicted molar refractivity (Wildman–Crippen MR) is 93.8 cm³/mol. The lowest BCUT2D eigenvalue weighted by Crippen LogP contribution is -1.95. The summed E-state index contributed by atoms with van der Waals surface area (Å²) in [6.45, 7) is 2.00. The van der Waals surface area contributed by atoms with Gasteiger partial charge in [0.1, 0.15) is 11.5 Å². The molecule has 0 atom stereocenters. The van der Waals surface area contributed by atoms with Crippen molar-refractivity contribution in [3.05, 3.63) is 52.3 Å². The van der Waals surface area contributed by atoms with Gasteiger partial charge in [-0.25, -0.2) is 0 Å². The summed E-state index contributed by atoms with van der Waals surface area (Å²) in [5.41, 5.74) is 4.31. The molecule has 0 saturated carbocycles. The van der Waals surface area contributed by atoms with Gasteiger partial charge in [-0.1, -0.05) is 6.07 Å². The maximum absolute atomic E-state index is 11.7. The molecule has 118 valence electrons. The van der Waals surface area contributed by atoms with E-state index in [-0.39, 0.29) is 0 Å². The fraction of sp³-hybridized carbons (Fsp3) is 0.167. The Balaban J connectivity index is 2.32. The fourth-order valence-electron chi connectivity index (χ4n) is 2.70. The Morgan fingerprint density at radius 2 is 1.78 bits per heavy atom. The topological polar surface area (TPSA) is 39.9 Å². The Morgan fingerprint density at radius 1 is 1.04 bits per heavy atom. The second-order valence-corrected chi connectivity index (χ2v) is 6.10. The highest BCUT2D eigenvalue weighted by molar-refractivity contribution is 9.10. The number of aryl methyl sites for hydroxylation is 1. The van der Waals surface area contributed by atoms with Crippen molar-refractivity contribution in [3.8, 4) is 22.6 Å². The number of halogens is 1. The number of fused-ring (bicyclic) bond motifs is 1. The van der Waals surface area contributed by atoms with Gasteiger partial charge in [-0.15, -0.1) is 0 Å². The number of pyridine rings is 1. The molecular formula is C18H16BrNO3. The SMILES string of the molecule is COc1cc(OC)c(-c2cc3ccc(C)cn3c2C=O)cc1Br. The minimum atomic E-state index is 0.596. The quantitative estimate of drug-likeness (QED) is 0.631. The molecule has 0 aliphatic carbocycles. The molecule has 0 aliphatic heterocycles. The third-order valence-electron chi connectivity index (χ3n) is 3.83. The van der Waals surface area contributed by atoms with E-state index in [1.54, 1.807) is 14.2 Å². The zero-order chi connectivity index (χ0) is 16.6. The molecule has 0 amide bonds. The van der Waals surface area contributed by atoms with Gasteiger partial charge in [0, 0.05) is 28.9 Å². The van der Waals surface area contributed by atoms with E-state index in [0.717, 1.165) is 33.0 Å². The van der Waals surface area contributed by atoms with Crippen LogP contribution in [-0.4, -0.2) is 24.9 Å². The van der Waals surface area contributed by atoms with Crippen molar-refractivity contribution in [2.24, 2.45) is 0 Å². The number of rotatable bonds is 4. The number of hydrogen-bond donors (Lipinski definition) is 0. The van der Waals surface area contributed by atoms with Crippen LogP contribution in [0.25, 0.3) is 16.6 Å². The molecule has 0 fully saturated rings. The van der Waals surface area contributed by atoms with Crippen LogP contribution in [0.2, 0.25) is 0 Å². The Labute approximate surface area is 142 Å². The Hall–Kier alpha value is -2.27. The van der Waals surface area contributed by atoms with Crippen LogP contribution in [0.1, 0.15) is 16.1 Å². The van der Waals surface area contributed by atoms with Gasteiger partial charge in [0.15, 0.2) is 6.29 Å². The van der Waals surface area contributed by atoms with Gasteiger partial charge in [-0.3, -0.25) is 4.79 Å². The summed E-state index contributed by atoms with van der Waals surface area (Å²) in [5, 5.41) is 0. The van der Waals surface area contributed by atoms with Gasteiger partial charge >= 0.3 is 0 Å². The van der Waals surface area contributed by atoms with E-state index in [1.807, 2.05) is 47.9 Å². The van der Waals surface area contributed by atoms with Crippen LogP contribution < -0.4 is 9.47 Å².